The van der Waals surface area contributed by atoms with Gasteiger partial charge in [0.2, 0.25) is 11.8 Å². The zero-order chi connectivity index (χ0) is 19.4. The number of amides is 3. The van der Waals surface area contributed by atoms with E-state index in [0.717, 1.165) is 21.8 Å². The summed E-state index contributed by atoms with van der Waals surface area (Å²) in [6.07, 6.45) is 0.572. The van der Waals surface area contributed by atoms with Gasteiger partial charge in [0.15, 0.2) is 0 Å². The zero-order valence-electron chi connectivity index (χ0n) is 15.0. The van der Waals surface area contributed by atoms with Gasteiger partial charge in [0.25, 0.3) is 5.91 Å². The van der Waals surface area contributed by atoms with Crippen molar-refractivity contribution in [2.75, 3.05) is 17.6 Å². The number of carbonyl (C=O) groups is 3. The van der Waals surface area contributed by atoms with Gasteiger partial charge in [0.1, 0.15) is 5.00 Å². The first-order chi connectivity index (χ1) is 13.0. The summed E-state index contributed by atoms with van der Waals surface area (Å²) in [4.78, 5) is 38.5. The Morgan fingerprint density at radius 2 is 2.00 bits per heavy atom. The molecule has 0 radical (unpaired) electrons. The number of thioether (sulfide) groups is 1. The molecule has 0 aliphatic carbocycles. The van der Waals surface area contributed by atoms with Crippen molar-refractivity contribution in [3.8, 4) is 0 Å². The molecule has 3 rings (SSSR count). The number of nitrogens with two attached hydrogens (primary N) is 1. The predicted octanol–water partition coefficient (Wildman–Crippen LogP) is 2.62. The highest BCUT2D eigenvalue weighted by atomic mass is 32.2. The highest BCUT2D eigenvalue weighted by Gasteiger charge is 2.28. The van der Waals surface area contributed by atoms with Crippen molar-refractivity contribution in [2.24, 2.45) is 5.73 Å². The molecule has 1 aromatic carbocycles. The lowest BCUT2D eigenvalue weighted by molar-refractivity contribution is -0.129. The SMILES string of the molecule is CC(=O)N1CCc2c(sc(NC(=O)CSCc3ccccc3)c2C(N)=O)C1. The largest absolute Gasteiger partial charge is 0.365 e. The fraction of sp³-hybridized carbons (Fsp3) is 0.316. The zero-order valence-corrected chi connectivity index (χ0v) is 16.6. The number of fused-ring (bicyclic) bond motifs is 1. The summed E-state index contributed by atoms with van der Waals surface area (Å²) in [6, 6.07) is 9.93. The molecule has 2 heterocycles. The lowest BCUT2D eigenvalue weighted by Gasteiger charge is -2.25. The summed E-state index contributed by atoms with van der Waals surface area (Å²) < 4.78 is 0. The summed E-state index contributed by atoms with van der Waals surface area (Å²) in [5.74, 6) is 0.315. The molecule has 142 valence electrons. The van der Waals surface area contributed by atoms with Crippen molar-refractivity contribution >= 4 is 45.8 Å². The highest BCUT2D eigenvalue weighted by Crippen LogP contribution is 2.37. The number of nitrogens with zero attached hydrogens (tertiary/aromatic N) is 1. The van der Waals surface area contributed by atoms with Gasteiger partial charge in [0, 0.05) is 24.1 Å². The van der Waals surface area contributed by atoms with E-state index in [9.17, 15) is 14.4 Å². The van der Waals surface area contributed by atoms with Gasteiger partial charge in [-0.1, -0.05) is 30.3 Å². The maximum Gasteiger partial charge on any atom is 0.251 e. The van der Waals surface area contributed by atoms with Crippen LogP contribution >= 0.6 is 23.1 Å². The number of thiophene rings is 1. The molecule has 0 spiro atoms. The number of rotatable bonds is 6. The normalized spacial score (nSPS) is 13.1. The summed E-state index contributed by atoms with van der Waals surface area (Å²) >= 11 is 2.84. The van der Waals surface area contributed by atoms with Crippen LogP contribution in [0.25, 0.3) is 0 Å². The number of nitrogens with one attached hydrogen (secondary N) is 1. The second-order valence-corrected chi connectivity index (χ2v) is 8.38. The van der Waals surface area contributed by atoms with Gasteiger partial charge < -0.3 is 16.0 Å². The number of hydrogen-bond acceptors (Lipinski definition) is 5. The summed E-state index contributed by atoms with van der Waals surface area (Å²) in [6.45, 7) is 2.54. The minimum atomic E-state index is -0.545. The molecule has 2 aromatic rings. The fourth-order valence-electron chi connectivity index (χ4n) is 3.02. The van der Waals surface area contributed by atoms with Crippen LogP contribution < -0.4 is 11.1 Å². The molecule has 0 atom stereocenters. The maximum atomic E-state index is 12.3. The lowest BCUT2D eigenvalue weighted by atomic mass is 10.0. The molecule has 3 N–H and O–H groups in total. The predicted molar refractivity (Wildman–Crippen MR) is 109 cm³/mol. The molecule has 0 saturated heterocycles. The number of benzene rings is 1. The number of primary amides is 1. The van der Waals surface area contributed by atoms with E-state index >= 15 is 0 Å². The monoisotopic (exact) mass is 403 g/mol. The van der Waals surface area contributed by atoms with Crippen molar-refractivity contribution in [3.05, 3.63) is 51.9 Å². The van der Waals surface area contributed by atoms with Gasteiger partial charge >= 0.3 is 0 Å². The molecule has 1 aliphatic heterocycles. The van der Waals surface area contributed by atoms with Crippen molar-refractivity contribution in [1.82, 2.24) is 4.90 Å². The van der Waals surface area contributed by atoms with E-state index < -0.39 is 5.91 Å². The molecule has 0 unspecified atom stereocenters. The second-order valence-electron chi connectivity index (χ2n) is 6.29. The number of anilines is 1. The van der Waals surface area contributed by atoms with E-state index in [1.165, 1.54) is 30.0 Å². The Balaban J connectivity index is 1.66. The quantitative estimate of drug-likeness (QED) is 0.775. The Bertz CT molecular complexity index is 865. The highest BCUT2D eigenvalue weighted by molar-refractivity contribution is 7.99. The van der Waals surface area contributed by atoms with Crippen LogP contribution in [0.4, 0.5) is 5.00 Å². The molecule has 0 bridgehead atoms. The summed E-state index contributed by atoms with van der Waals surface area (Å²) in [5, 5.41) is 3.32. The van der Waals surface area contributed by atoms with Crippen LogP contribution in [0, 0.1) is 0 Å². The molecule has 1 aromatic heterocycles. The molecule has 0 fully saturated rings. The van der Waals surface area contributed by atoms with Gasteiger partial charge in [-0.15, -0.1) is 23.1 Å². The Kier molecular flexibility index (Phi) is 6.18. The van der Waals surface area contributed by atoms with Crippen molar-refractivity contribution in [2.45, 2.75) is 25.6 Å². The van der Waals surface area contributed by atoms with Crippen LogP contribution in [0.1, 0.15) is 33.3 Å². The second kappa shape index (κ2) is 8.58. The van der Waals surface area contributed by atoms with E-state index in [1.807, 2.05) is 30.3 Å². The third kappa shape index (κ3) is 4.70. The van der Waals surface area contributed by atoms with E-state index in [4.69, 9.17) is 5.73 Å². The molecular weight excluding hydrogens is 382 g/mol. The van der Waals surface area contributed by atoms with Gasteiger partial charge in [0.05, 0.1) is 17.9 Å². The molecular formula is C19H21N3O3S2. The van der Waals surface area contributed by atoms with Gasteiger partial charge in [-0.3, -0.25) is 14.4 Å². The first-order valence-corrected chi connectivity index (χ1v) is 10.5. The van der Waals surface area contributed by atoms with Crippen LogP contribution in [-0.4, -0.2) is 34.9 Å². The minimum absolute atomic E-state index is 0.00225. The average Bonchev–Trinajstić information content (AvgIpc) is 2.99. The van der Waals surface area contributed by atoms with E-state index in [2.05, 4.69) is 5.32 Å². The standard InChI is InChI=1S/C19H21N3O3S2/c1-12(23)22-8-7-14-15(9-22)27-19(17(14)18(20)25)21-16(24)11-26-10-13-5-3-2-4-6-13/h2-6H,7-11H2,1H3,(H2,20,25)(H,21,24). The first kappa shape index (κ1) is 19.4. The van der Waals surface area contributed by atoms with Crippen LogP contribution in [0.15, 0.2) is 30.3 Å². The van der Waals surface area contributed by atoms with E-state index in [0.29, 0.717) is 30.1 Å². The average molecular weight is 404 g/mol. The van der Waals surface area contributed by atoms with Crippen LogP contribution in [0.5, 0.6) is 0 Å². The van der Waals surface area contributed by atoms with Gasteiger partial charge in [-0.05, 0) is 17.5 Å². The molecule has 0 saturated carbocycles. The van der Waals surface area contributed by atoms with Crippen LogP contribution in [-0.2, 0) is 28.3 Å². The molecule has 27 heavy (non-hydrogen) atoms. The van der Waals surface area contributed by atoms with E-state index in [-0.39, 0.29) is 17.6 Å². The Labute approximate surface area is 166 Å². The Hall–Kier alpha value is -2.32. The van der Waals surface area contributed by atoms with Crippen molar-refractivity contribution in [1.29, 1.82) is 0 Å². The Morgan fingerprint density at radius 3 is 2.67 bits per heavy atom. The first-order valence-electron chi connectivity index (χ1n) is 8.57. The Morgan fingerprint density at radius 1 is 1.26 bits per heavy atom. The maximum absolute atomic E-state index is 12.3. The third-order valence-corrected chi connectivity index (χ3v) is 6.48. The fourth-order valence-corrected chi connectivity index (χ4v) is 5.09. The third-order valence-electron chi connectivity index (χ3n) is 4.35. The molecule has 3 amide bonds. The number of carbonyl (C=O) groups excluding carboxylic acids is 3. The van der Waals surface area contributed by atoms with Gasteiger partial charge in [-0.25, -0.2) is 0 Å². The molecule has 6 nitrogen and oxygen atoms in total. The van der Waals surface area contributed by atoms with Crippen LogP contribution in [0.2, 0.25) is 0 Å². The van der Waals surface area contributed by atoms with Crippen molar-refractivity contribution in [3.63, 3.8) is 0 Å². The van der Waals surface area contributed by atoms with Gasteiger partial charge in [-0.2, -0.15) is 0 Å². The van der Waals surface area contributed by atoms with Crippen molar-refractivity contribution < 1.29 is 14.4 Å². The smallest absolute Gasteiger partial charge is 0.251 e. The minimum Gasteiger partial charge on any atom is -0.365 e. The molecule has 8 heteroatoms. The molecule has 1 aliphatic rings. The summed E-state index contributed by atoms with van der Waals surface area (Å²) in [5.41, 5.74) is 7.96. The number of hydrogen-bond donors (Lipinski definition) is 2. The summed E-state index contributed by atoms with van der Waals surface area (Å²) in [7, 11) is 0. The van der Waals surface area contributed by atoms with Crippen LogP contribution in [0.3, 0.4) is 0 Å². The topological polar surface area (TPSA) is 92.5 Å². The lowest BCUT2D eigenvalue weighted by Crippen LogP contribution is -2.34. The van der Waals surface area contributed by atoms with E-state index in [1.54, 1.807) is 4.90 Å².